The molecule has 0 saturated heterocycles. The largest absolute Gasteiger partial charge is 0.497 e. The summed E-state index contributed by atoms with van der Waals surface area (Å²) in [4.78, 5) is 24.2. The van der Waals surface area contributed by atoms with Gasteiger partial charge in [-0.3, -0.25) is 4.79 Å². The number of rotatable bonds is 6. The van der Waals surface area contributed by atoms with Gasteiger partial charge in [0.25, 0.3) is 0 Å². The Morgan fingerprint density at radius 1 is 1.29 bits per heavy atom. The van der Waals surface area contributed by atoms with Crippen molar-refractivity contribution in [1.29, 1.82) is 0 Å². The average Bonchev–Trinajstić information content (AvgIpc) is 3.01. The first-order chi connectivity index (χ1) is 11.6. The fourth-order valence-electron chi connectivity index (χ4n) is 2.16. The Morgan fingerprint density at radius 2 is 2.12 bits per heavy atom. The van der Waals surface area contributed by atoms with Gasteiger partial charge in [-0.05, 0) is 40.2 Å². The molecule has 0 aliphatic rings. The van der Waals surface area contributed by atoms with E-state index in [-0.39, 0.29) is 11.5 Å². The lowest BCUT2D eigenvalue weighted by atomic mass is 10.1. The van der Waals surface area contributed by atoms with E-state index in [1.807, 2.05) is 6.07 Å². The zero-order valence-electron chi connectivity index (χ0n) is 13.0. The monoisotopic (exact) mass is 407 g/mol. The number of thioether (sulfide) groups is 1. The van der Waals surface area contributed by atoms with E-state index in [0.717, 1.165) is 9.99 Å². The predicted molar refractivity (Wildman–Crippen MR) is 96.2 cm³/mol. The van der Waals surface area contributed by atoms with E-state index in [0.29, 0.717) is 27.9 Å². The lowest BCUT2D eigenvalue weighted by Gasteiger charge is -2.09. The molecule has 6 nitrogen and oxygen atoms in total. The zero-order valence-corrected chi connectivity index (χ0v) is 15.4. The molecule has 124 valence electrons. The number of carbonyl (C=O) groups is 1. The maximum absolute atomic E-state index is 12.5. The third kappa shape index (κ3) is 3.54. The van der Waals surface area contributed by atoms with Crippen LogP contribution in [0.5, 0.6) is 11.5 Å². The van der Waals surface area contributed by atoms with E-state index >= 15 is 0 Å². The number of pyridine rings is 1. The summed E-state index contributed by atoms with van der Waals surface area (Å²) in [5.41, 5.74) is 1.92. The van der Waals surface area contributed by atoms with Gasteiger partial charge in [0.15, 0.2) is 16.6 Å². The highest BCUT2D eigenvalue weighted by atomic mass is 79.9. The third-order valence-corrected chi connectivity index (χ3v) is 4.64. The molecular weight excluding hydrogens is 394 g/mol. The van der Waals surface area contributed by atoms with Gasteiger partial charge in [-0.15, -0.1) is 0 Å². The number of nitrogens with zero attached hydrogens (tertiary/aromatic N) is 2. The second kappa shape index (κ2) is 7.23. The molecule has 0 spiro atoms. The van der Waals surface area contributed by atoms with Gasteiger partial charge in [0, 0.05) is 10.7 Å². The number of ether oxygens (including phenoxy) is 2. The van der Waals surface area contributed by atoms with Gasteiger partial charge in [0.2, 0.25) is 0 Å². The molecule has 0 aliphatic carbocycles. The molecule has 24 heavy (non-hydrogen) atoms. The fraction of sp³-hybridized carbons (Fsp3) is 0.188. The number of methoxy groups -OCH3 is 2. The number of aromatic amines is 1. The van der Waals surface area contributed by atoms with Crippen LogP contribution in [-0.4, -0.2) is 40.7 Å². The van der Waals surface area contributed by atoms with E-state index in [9.17, 15) is 4.79 Å². The minimum absolute atomic E-state index is 0.0645. The zero-order chi connectivity index (χ0) is 17.1. The van der Waals surface area contributed by atoms with Crippen LogP contribution in [-0.2, 0) is 0 Å². The van der Waals surface area contributed by atoms with Gasteiger partial charge < -0.3 is 14.5 Å². The topological polar surface area (TPSA) is 77.1 Å². The van der Waals surface area contributed by atoms with E-state index < -0.39 is 0 Å². The molecule has 0 atom stereocenters. The highest BCUT2D eigenvalue weighted by molar-refractivity contribution is 9.10. The van der Waals surface area contributed by atoms with Gasteiger partial charge in [-0.25, -0.2) is 9.97 Å². The van der Waals surface area contributed by atoms with Crippen LogP contribution in [0, 0.1) is 0 Å². The van der Waals surface area contributed by atoms with Crippen LogP contribution in [0.2, 0.25) is 0 Å². The van der Waals surface area contributed by atoms with E-state index in [2.05, 4.69) is 30.9 Å². The van der Waals surface area contributed by atoms with Crippen molar-refractivity contribution < 1.29 is 14.3 Å². The van der Waals surface area contributed by atoms with Crippen LogP contribution in [0.4, 0.5) is 0 Å². The van der Waals surface area contributed by atoms with Gasteiger partial charge in [0.1, 0.15) is 11.5 Å². The maximum Gasteiger partial charge on any atom is 0.178 e. The number of benzene rings is 1. The molecule has 0 saturated carbocycles. The predicted octanol–water partition coefficient (Wildman–Crippen LogP) is 3.71. The standard InChI is InChI=1S/C16H14BrN3O3S/c1-22-10-3-4-14(23-2)11(6-10)13(21)8-24-16-19-12-5-9(17)7-18-15(12)20-16/h3-7H,8H2,1-2H3,(H,18,19,20). The number of aromatic nitrogens is 3. The van der Waals surface area contributed by atoms with Crippen LogP contribution < -0.4 is 9.47 Å². The van der Waals surface area contributed by atoms with Crippen molar-refractivity contribution in [2.24, 2.45) is 0 Å². The second-order valence-corrected chi connectivity index (χ2v) is 6.72. The molecule has 2 aromatic heterocycles. The summed E-state index contributed by atoms with van der Waals surface area (Å²) >= 11 is 4.69. The highest BCUT2D eigenvalue weighted by Gasteiger charge is 2.15. The summed E-state index contributed by atoms with van der Waals surface area (Å²) in [6.07, 6.45) is 1.68. The minimum Gasteiger partial charge on any atom is -0.497 e. The number of nitrogens with one attached hydrogen (secondary N) is 1. The van der Waals surface area contributed by atoms with Crippen molar-refractivity contribution in [2.45, 2.75) is 5.16 Å². The van der Waals surface area contributed by atoms with Crippen molar-refractivity contribution in [2.75, 3.05) is 20.0 Å². The second-order valence-electron chi connectivity index (χ2n) is 4.84. The summed E-state index contributed by atoms with van der Waals surface area (Å²) in [5, 5.41) is 0.644. The Labute approximate surface area is 151 Å². The molecule has 0 amide bonds. The van der Waals surface area contributed by atoms with E-state index in [1.165, 1.54) is 18.9 Å². The number of carbonyl (C=O) groups excluding carboxylic acids is 1. The van der Waals surface area contributed by atoms with Gasteiger partial charge in [0.05, 0.1) is 31.1 Å². The molecule has 0 unspecified atom stereocenters. The average molecular weight is 408 g/mol. The molecule has 1 N–H and O–H groups in total. The van der Waals surface area contributed by atoms with E-state index in [4.69, 9.17) is 9.47 Å². The van der Waals surface area contributed by atoms with Crippen LogP contribution >= 0.6 is 27.7 Å². The highest BCUT2D eigenvalue weighted by Crippen LogP contribution is 2.27. The number of H-pyrrole nitrogens is 1. The van der Waals surface area contributed by atoms with Crippen molar-refractivity contribution >= 4 is 44.6 Å². The van der Waals surface area contributed by atoms with Crippen LogP contribution in [0.3, 0.4) is 0 Å². The molecule has 8 heteroatoms. The Morgan fingerprint density at radius 3 is 2.88 bits per heavy atom. The summed E-state index contributed by atoms with van der Waals surface area (Å²) in [6.45, 7) is 0. The van der Waals surface area contributed by atoms with Crippen molar-refractivity contribution in [3.05, 3.63) is 40.5 Å². The number of hydrogen-bond donors (Lipinski definition) is 1. The Balaban J connectivity index is 1.77. The number of halogens is 1. The Kier molecular flexibility index (Phi) is 5.06. The summed E-state index contributed by atoms with van der Waals surface area (Å²) in [7, 11) is 3.10. The van der Waals surface area contributed by atoms with Crippen molar-refractivity contribution in [3.63, 3.8) is 0 Å². The van der Waals surface area contributed by atoms with Crippen LogP contribution in [0.15, 0.2) is 40.1 Å². The molecule has 0 aliphatic heterocycles. The lowest BCUT2D eigenvalue weighted by molar-refractivity contribution is 0.101. The normalized spacial score (nSPS) is 10.8. The lowest BCUT2D eigenvalue weighted by Crippen LogP contribution is -2.05. The Hall–Kier alpha value is -2.06. The molecular formula is C16H14BrN3O3S. The molecule has 1 aromatic carbocycles. The molecule has 3 aromatic rings. The van der Waals surface area contributed by atoms with Crippen LogP contribution in [0.25, 0.3) is 11.2 Å². The number of hydrogen-bond acceptors (Lipinski definition) is 6. The first-order valence-corrected chi connectivity index (χ1v) is 8.78. The minimum atomic E-state index is -0.0645. The van der Waals surface area contributed by atoms with Gasteiger partial charge in [-0.2, -0.15) is 0 Å². The number of Topliss-reactive ketones (excluding diaryl/α,β-unsaturated/α-hetero) is 1. The summed E-state index contributed by atoms with van der Waals surface area (Å²) < 4.78 is 11.3. The first-order valence-electron chi connectivity index (χ1n) is 7.00. The molecule has 0 fully saturated rings. The summed E-state index contributed by atoms with van der Waals surface area (Å²) in [5.74, 6) is 1.30. The quantitative estimate of drug-likeness (QED) is 0.495. The summed E-state index contributed by atoms with van der Waals surface area (Å²) in [6, 6.07) is 7.05. The van der Waals surface area contributed by atoms with Gasteiger partial charge >= 0.3 is 0 Å². The number of fused-ring (bicyclic) bond motifs is 1. The maximum atomic E-state index is 12.5. The fourth-order valence-corrected chi connectivity index (χ4v) is 3.25. The molecule has 3 rings (SSSR count). The first kappa shape index (κ1) is 16.8. The molecule has 0 bridgehead atoms. The van der Waals surface area contributed by atoms with Crippen LogP contribution in [0.1, 0.15) is 10.4 Å². The van der Waals surface area contributed by atoms with Crippen molar-refractivity contribution in [3.8, 4) is 11.5 Å². The SMILES string of the molecule is COc1ccc(OC)c(C(=O)CSc2nc3ncc(Br)cc3[nH]2)c1. The van der Waals surface area contributed by atoms with E-state index in [1.54, 1.807) is 31.5 Å². The molecule has 2 heterocycles. The van der Waals surface area contributed by atoms with Crippen molar-refractivity contribution in [1.82, 2.24) is 15.0 Å². The number of ketones is 1. The number of imidazole rings is 1. The smallest absolute Gasteiger partial charge is 0.178 e. The van der Waals surface area contributed by atoms with Gasteiger partial charge in [-0.1, -0.05) is 11.8 Å². The molecule has 0 radical (unpaired) electrons. The Bertz CT molecular complexity index is 897. The third-order valence-electron chi connectivity index (χ3n) is 3.33.